The molecule has 1 fully saturated rings. The van der Waals surface area contributed by atoms with Crippen LogP contribution in [-0.2, 0) is 13.0 Å². The number of hydrogen-bond acceptors (Lipinski definition) is 3. The van der Waals surface area contributed by atoms with Crippen LogP contribution in [0.5, 0.6) is 0 Å². The molecule has 6 heteroatoms. The Labute approximate surface area is 141 Å². The average Bonchev–Trinajstić information content (AvgIpc) is 3.03. The van der Waals surface area contributed by atoms with Crippen molar-refractivity contribution >= 4 is 17.3 Å². The van der Waals surface area contributed by atoms with Crippen molar-refractivity contribution < 1.29 is 0 Å². The van der Waals surface area contributed by atoms with Gasteiger partial charge in [-0.3, -0.25) is 4.68 Å². The Kier molecular flexibility index (Phi) is 5.33. The van der Waals surface area contributed by atoms with Crippen LogP contribution in [0.1, 0.15) is 43.3 Å². The topological polar surface area (TPSA) is 54.2 Å². The van der Waals surface area contributed by atoms with Crippen molar-refractivity contribution in [2.75, 3.05) is 6.54 Å². The minimum Gasteiger partial charge on any atom is -0.356 e. The Balaban J connectivity index is 1.50. The van der Waals surface area contributed by atoms with E-state index in [9.17, 15) is 0 Å². The molecule has 0 saturated heterocycles. The van der Waals surface area contributed by atoms with E-state index in [0.717, 1.165) is 31.2 Å². The zero-order chi connectivity index (χ0) is 16.1. The van der Waals surface area contributed by atoms with Gasteiger partial charge in [0, 0.05) is 36.1 Å². The van der Waals surface area contributed by atoms with Gasteiger partial charge in [-0.05, 0) is 44.2 Å². The Morgan fingerprint density at radius 1 is 1.43 bits per heavy atom. The molecule has 0 unspecified atom stereocenters. The smallest absolute Gasteiger partial charge is 0.191 e. The summed E-state index contributed by atoms with van der Waals surface area (Å²) in [6.45, 7) is 5.87. The predicted molar refractivity (Wildman–Crippen MR) is 95.9 cm³/mol. The molecule has 124 valence electrons. The Morgan fingerprint density at radius 2 is 2.30 bits per heavy atom. The highest BCUT2D eigenvalue weighted by molar-refractivity contribution is 7.09. The third kappa shape index (κ3) is 5.10. The normalized spacial score (nSPS) is 15.2. The number of thiophene rings is 1. The van der Waals surface area contributed by atoms with Gasteiger partial charge in [-0.15, -0.1) is 11.3 Å². The fourth-order valence-corrected chi connectivity index (χ4v) is 2.87. The summed E-state index contributed by atoms with van der Waals surface area (Å²) in [4.78, 5) is 5.98. The second-order valence-corrected chi connectivity index (χ2v) is 7.25. The molecule has 1 aliphatic rings. The van der Waals surface area contributed by atoms with Crippen molar-refractivity contribution in [2.45, 2.75) is 51.7 Å². The van der Waals surface area contributed by atoms with E-state index in [4.69, 9.17) is 4.99 Å². The van der Waals surface area contributed by atoms with E-state index in [1.165, 1.54) is 17.7 Å². The maximum absolute atomic E-state index is 4.69. The van der Waals surface area contributed by atoms with E-state index < -0.39 is 0 Å². The zero-order valence-electron chi connectivity index (χ0n) is 13.8. The summed E-state index contributed by atoms with van der Waals surface area (Å²) in [5.41, 5.74) is 1.12. The van der Waals surface area contributed by atoms with E-state index in [2.05, 4.69) is 53.2 Å². The van der Waals surface area contributed by atoms with Gasteiger partial charge in [0.1, 0.15) is 0 Å². The summed E-state index contributed by atoms with van der Waals surface area (Å²) >= 11 is 1.75. The van der Waals surface area contributed by atoms with Crippen molar-refractivity contribution in [1.29, 1.82) is 0 Å². The van der Waals surface area contributed by atoms with Gasteiger partial charge in [0.15, 0.2) is 5.96 Å². The van der Waals surface area contributed by atoms with Crippen molar-refractivity contribution in [3.8, 4) is 0 Å². The summed E-state index contributed by atoms with van der Waals surface area (Å²) in [7, 11) is 0. The lowest BCUT2D eigenvalue weighted by Gasteiger charge is -2.11. The molecule has 5 nitrogen and oxygen atoms in total. The summed E-state index contributed by atoms with van der Waals surface area (Å²) in [5, 5.41) is 13.6. The molecule has 0 spiro atoms. The van der Waals surface area contributed by atoms with Gasteiger partial charge in [-0.1, -0.05) is 6.07 Å². The number of rotatable bonds is 7. The number of guanidine groups is 1. The average molecular weight is 331 g/mol. The summed E-state index contributed by atoms with van der Waals surface area (Å²) in [6.07, 6.45) is 5.45. The first kappa shape index (κ1) is 16.1. The monoisotopic (exact) mass is 331 g/mol. The lowest BCUT2D eigenvalue weighted by atomic mass is 10.3. The maximum atomic E-state index is 4.69. The minimum atomic E-state index is 0.413. The molecule has 2 aromatic rings. The number of nitrogens with zero attached hydrogens (tertiary/aromatic N) is 3. The van der Waals surface area contributed by atoms with Crippen molar-refractivity contribution in [3.63, 3.8) is 0 Å². The van der Waals surface area contributed by atoms with Crippen LogP contribution >= 0.6 is 11.3 Å². The maximum Gasteiger partial charge on any atom is 0.191 e. The van der Waals surface area contributed by atoms with Crippen LogP contribution in [0.2, 0.25) is 0 Å². The molecule has 1 aliphatic carbocycles. The minimum absolute atomic E-state index is 0.413. The van der Waals surface area contributed by atoms with Gasteiger partial charge < -0.3 is 10.6 Å². The number of aliphatic imine (C=N–C) groups is 1. The van der Waals surface area contributed by atoms with Crippen LogP contribution < -0.4 is 10.6 Å². The Morgan fingerprint density at radius 3 is 2.96 bits per heavy atom. The van der Waals surface area contributed by atoms with E-state index in [-0.39, 0.29) is 0 Å². The Bertz CT molecular complexity index is 625. The SMILES string of the molecule is CC(C)n1ccc(CCNC(=NCc2cccs2)NC2CC2)n1. The quantitative estimate of drug-likeness (QED) is 0.606. The second-order valence-electron chi connectivity index (χ2n) is 6.22. The third-order valence-corrected chi connectivity index (χ3v) is 4.62. The first-order valence-corrected chi connectivity index (χ1v) is 9.20. The summed E-state index contributed by atoms with van der Waals surface area (Å²) < 4.78 is 2.00. The molecule has 23 heavy (non-hydrogen) atoms. The third-order valence-electron chi connectivity index (χ3n) is 3.76. The van der Waals surface area contributed by atoms with Crippen molar-refractivity contribution in [1.82, 2.24) is 20.4 Å². The Hall–Kier alpha value is -1.82. The van der Waals surface area contributed by atoms with Gasteiger partial charge in [0.25, 0.3) is 0 Å². The lowest BCUT2D eigenvalue weighted by Crippen LogP contribution is -2.39. The van der Waals surface area contributed by atoms with Crippen molar-refractivity contribution in [2.24, 2.45) is 4.99 Å². The lowest BCUT2D eigenvalue weighted by molar-refractivity contribution is 0.526. The van der Waals surface area contributed by atoms with E-state index in [1.807, 2.05) is 10.9 Å². The molecule has 0 atom stereocenters. The fourth-order valence-electron chi connectivity index (χ4n) is 2.24. The van der Waals surface area contributed by atoms with Gasteiger partial charge in [-0.2, -0.15) is 5.10 Å². The van der Waals surface area contributed by atoms with Crippen LogP contribution in [0, 0.1) is 0 Å². The molecular formula is C17H25N5S. The van der Waals surface area contributed by atoms with Gasteiger partial charge >= 0.3 is 0 Å². The standard InChI is InChI=1S/C17H25N5S/c1-13(2)22-10-8-15(21-22)7-9-18-17(20-14-5-6-14)19-12-16-4-3-11-23-16/h3-4,8,10-11,13-14H,5-7,9,12H2,1-2H3,(H2,18,19,20). The molecule has 0 radical (unpaired) electrons. The summed E-state index contributed by atoms with van der Waals surface area (Å²) in [5.74, 6) is 0.921. The predicted octanol–water partition coefficient (Wildman–Crippen LogP) is 2.97. The largest absolute Gasteiger partial charge is 0.356 e. The molecule has 3 rings (SSSR count). The second kappa shape index (κ2) is 7.64. The highest BCUT2D eigenvalue weighted by Crippen LogP contribution is 2.18. The number of aromatic nitrogens is 2. The van der Waals surface area contributed by atoms with E-state index in [1.54, 1.807) is 11.3 Å². The van der Waals surface area contributed by atoms with Crippen LogP contribution in [0.25, 0.3) is 0 Å². The van der Waals surface area contributed by atoms with Crippen LogP contribution in [0.3, 0.4) is 0 Å². The van der Waals surface area contributed by atoms with Crippen LogP contribution in [-0.4, -0.2) is 28.3 Å². The number of hydrogen-bond donors (Lipinski definition) is 2. The van der Waals surface area contributed by atoms with Gasteiger partial charge in [0.2, 0.25) is 0 Å². The van der Waals surface area contributed by atoms with E-state index in [0.29, 0.717) is 12.1 Å². The molecule has 0 aromatic carbocycles. The van der Waals surface area contributed by atoms with Crippen LogP contribution in [0.4, 0.5) is 0 Å². The molecule has 0 bridgehead atoms. The number of nitrogens with one attached hydrogen (secondary N) is 2. The molecule has 0 aliphatic heterocycles. The van der Waals surface area contributed by atoms with Gasteiger partial charge in [-0.25, -0.2) is 4.99 Å². The highest BCUT2D eigenvalue weighted by atomic mass is 32.1. The van der Waals surface area contributed by atoms with E-state index >= 15 is 0 Å². The zero-order valence-corrected chi connectivity index (χ0v) is 14.6. The molecule has 2 N–H and O–H groups in total. The molecule has 2 heterocycles. The van der Waals surface area contributed by atoms with Gasteiger partial charge in [0.05, 0.1) is 12.2 Å². The molecule has 0 amide bonds. The fraction of sp³-hybridized carbons (Fsp3) is 0.529. The van der Waals surface area contributed by atoms with Crippen LogP contribution in [0.15, 0.2) is 34.8 Å². The first-order chi connectivity index (χ1) is 11.2. The molecule has 1 saturated carbocycles. The van der Waals surface area contributed by atoms with Crippen molar-refractivity contribution in [3.05, 3.63) is 40.3 Å². The first-order valence-electron chi connectivity index (χ1n) is 8.32. The molecule has 2 aromatic heterocycles. The summed E-state index contributed by atoms with van der Waals surface area (Å²) in [6, 6.07) is 7.31. The highest BCUT2D eigenvalue weighted by Gasteiger charge is 2.22. The molecular weight excluding hydrogens is 306 g/mol.